The standard InChI is InChI=1S/C23H32N2O3/c1-17(2)19-10-9-18(3)14-22(19)28-16-23(26)24-15-20(21-8-7-13-27-21)25-11-5-4-6-12-25/h7-10,13-14,17,20H,4-6,11-12,15-16H2,1-3H3,(H,24,26)/p+1/t20-/m1/s1. The number of aryl methyl sites for hydroxylation is 1. The van der Waals surface area contributed by atoms with Gasteiger partial charge in [0, 0.05) is 0 Å². The van der Waals surface area contributed by atoms with Crippen LogP contribution < -0.4 is 15.0 Å². The number of amides is 1. The Hall–Kier alpha value is -2.27. The fourth-order valence-corrected chi connectivity index (χ4v) is 3.94. The summed E-state index contributed by atoms with van der Waals surface area (Å²) in [6.45, 7) is 9.14. The molecule has 0 spiro atoms. The maximum Gasteiger partial charge on any atom is 0.258 e. The Balaban J connectivity index is 1.57. The van der Waals surface area contributed by atoms with Gasteiger partial charge in [0.25, 0.3) is 5.91 Å². The van der Waals surface area contributed by atoms with Crippen molar-refractivity contribution in [1.82, 2.24) is 5.32 Å². The molecule has 0 saturated carbocycles. The summed E-state index contributed by atoms with van der Waals surface area (Å²) < 4.78 is 11.5. The van der Waals surface area contributed by atoms with Gasteiger partial charge < -0.3 is 19.4 Å². The van der Waals surface area contributed by atoms with E-state index in [1.54, 1.807) is 6.26 Å². The number of benzene rings is 1. The highest BCUT2D eigenvalue weighted by Crippen LogP contribution is 2.27. The highest BCUT2D eigenvalue weighted by molar-refractivity contribution is 5.77. The number of furan rings is 1. The van der Waals surface area contributed by atoms with Crippen LogP contribution >= 0.6 is 0 Å². The molecule has 0 radical (unpaired) electrons. The largest absolute Gasteiger partial charge is 0.483 e. The maximum atomic E-state index is 12.5. The van der Waals surface area contributed by atoms with Crippen LogP contribution in [0.3, 0.4) is 0 Å². The number of quaternary nitrogens is 1. The first-order valence-corrected chi connectivity index (χ1v) is 10.4. The highest BCUT2D eigenvalue weighted by atomic mass is 16.5. The molecule has 5 heteroatoms. The number of likely N-dealkylation sites (tertiary alicyclic amines) is 1. The molecule has 1 atom stereocenters. The Morgan fingerprint density at radius 3 is 2.68 bits per heavy atom. The maximum absolute atomic E-state index is 12.5. The molecule has 1 amide bonds. The summed E-state index contributed by atoms with van der Waals surface area (Å²) in [5, 5.41) is 3.06. The van der Waals surface area contributed by atoms with Crippen LogP contribution in [0.4, 0.5) is 0 Å². The van der Waals surface area contributed by atoms with Gasteiger partial charge in [-0.2, -0.15) is 0 Å². The van der Waals surface area contributed by atoms with Crippen molar-refractivity contribution in [3.05, 3.63) is 53.5 Å². The van der Waals surface area contributed by atoms with E-state index in [1.165, 1.54) is 24.2 Å². The van der Waals surface area contributed by atoms with Crippen LogP contribution in [0.15, 0.2) is 41.0 Å². The van der Waals surface area contributed by atoms with Crippen molar-refractivity contribution in [1.29, 1.82) is 0 Å². The zero-order chi connectivity index (χ0) is 19.9. The highest BCUT2D eigenvalue weighted by Gasteiger charge is 2.28. The van der Waals surface area contributed by atoms with Crippen LogP contribution in [0.25, 0.3) is 0 Å². The Morgan fingerprint density at radius 2 is 2.00 bits per heavy atom. The van der Waals surface area contributed by atoms with E-state index in [4.69, 9.17) is 9.15 Å². The van der Waals surface area contributed by atoms with Crippen LogP contribution in [0.2, 0.25) is 0 Å². The van der Waals surface area contributed by atoms with Gasteiger partial charge in [0.05, 0.1) is 25.9 Å². The van der Waals surface area contributed by atoms with Gasteiger partial charge in [-0.3, -0.25) is 4.79 Å². The molecule has 1 aliphatic rings. The van der Waals surface area contributed by atoms with Gasteiger partial charge in [-0.05, 0) is 61.4 Å². The second kappa shape index (κ2) is 9.78. The van der Waals surface area contributed by atoms with Gasteiger partial charge in [-0.1, -0.05) is 26.0 Å². The average Bonchev–Trinajstić information content (AvgIpc) is 3.21. The van der Waals surface area contributed by atoms with Crippen LogP contribution in [0, 0.1) is 6.92 Å². The third-order valence-corrected chi connectivity index (χ3v) is 5.53. The Morgan fingerprint density at radius 1 is 1.21 bits per heavy atom. The normalized spacial score (nSPS) is 16.1. The molecule has 5 nitrogen and oxygen atoms in total. The third kappa shape index (κ3) is 5.38. The van der Waals surface area contributed by atoms with E-state index < -0.39 is 0 Å². The van der Waals surface area contributed by atoms with Crippen LogP contribution in [-0.2, 0) is 4.79 Å². The SMILES string of the molecule is Cc1ccc(C(C)C)c(OCC(=O)NC[C@H](c2ccco2)[NH+]2CCCCC2)c1. The number of nitrogens with one attached hydrogen (secondary N) is 2. The molecular weight excluding hydrogens is 352 g/mol. The van der Waals surface area contributed by atoms with E-state index in [9.17, 15) is 4.79 Å². The first-order valence-electron chi connectivity index (χ1n) is 10.4. The first kappa shape index (κ1) is 20.5. The molecular formula is C23H33N2O3+. The summed E-state index contributed by atoms with van der Waals surface area (Å²) in [5.74, 6) is 2.00. The predicted molar refractivity (Wildman–Crippen MR) is 110 cm³/mol. The molecule has 2 heterocycles. The second-order valence-electron chi connectivity index (χ2n) is 8.08. The lowest BCUT2D eigenvalue weighted by atomic mass is 10.0. The molecule has 2 N–H and O–H groups in total. The molecule has 1 saturated heterocycles. The number of carbonyl (C=O) groups is 1. The van der Waals surface area contributed by atoms with E-state index in [0.717, 1.165) is 35.7 Å². The van der Waals surface area contributed by atoms with Crippen molar-refractivity contribution < 1.29 is 18.8 Å². The average molecular weight is 386 g/mol. The number of ether oxygens (including phenoxy) is 1. The fraction of sp³-hybridized carbons (Fsp3) is 0.522. The van der Waals surface area contributed by atoms with Crippen molar-refractivity contribution in [2.75, 3.05) is 26.2 Å². The lowest BCUT2D eigenvalue weighted by Crippen LogP contribution is -3.13. The molecule has 0 aliphatic carbocycles. The van der Waals surface area contributed by atoms with Crippen molar-refractivity contribution in [2.24, 2.45) is 0 Å². The summed E-state index contributed by atoms with van der Waals surface area (Å²) in [5.41, 5.74) is 2.26. The molecule has 1 fully saturated rings. The number of rotatable bonds is 8. The molecule has 0 unspecified atom stereocenters. The van der Waals surface area contributed by atoms with E-state index in [-0.39, 0.29) is 18.6 Å². The lowest BCUT2D eigenvalue weighted by molar-refractivity contribution is -0.936. The van der Waals surface area contributed by atoms with Gasteiger partial charge in [-0.25, -0.2) is 0 Å². The quantitative estimate of drug-likeness (QED) is 0.734. The summed E-state index contributed by atoms with van der Waals surface area (Å²) >= 11 is 0. The van der Waals surface area contributed by atoms with E-state index in [0.29, 0.717) is 12.5 Å². The third-order valence-electron chi connectivity index (χ3n) is 5.53. The predicted octanol–water partition coefficient (Wildman–Crippen LogP) is 3.02. The molecule has 0 bridgehead atoms. The summed E-state index contributed by atoms with van der Waals surface area (Å²) in [4.78, 5) is 14.0. The summed E-state index contributed by atoms with van der Waals surface area (Å²) in [7, 11) is 0. The monoisotopic (exact) mass is 385 g/mol. The molecule has 3 rings (SSSR count). The molecule has 2 aromatic rings. The fourth-order valence-electron chi connectivity index (χ4n) is 3.94. The van der Waals surface area contributed by atoms with Crippen LogP contribution in [-0.4, -0.2) is 32.1 Å². The minimum atomic E-state index is -0.0934. The number of hydrogen-bond donors (Lipinski definition) is 2. The molecule has 1 aromatic heterocycles. The Labute approximate surface area is 168 Å². The topological polar surface area (TPSA) is 55.9 Å². The molecule has 1 aliphatic heterocycles. The van der Waals surface area contributed by atoms with Gasteiger partial charge in [0.2, 0.25) is 0 Å². The molecule has 28 heavy (non-hydrogen) atoms. The van der Waals surface area contributed by atoms with Gasteiger partial charge >= 0.3 is 0 Å². The summed E-state index contributed by atoms with van der Waals surface area (Å²) in [6, 6.07) is 10.3. The summed E-state index contributed by atoms with van der Waals surface area (Å²) in [6.07, 6.45) is 5.47. The molecule has 1 aromatic carbocycles. The zero-order valence-electron chi connectivity index (χ0n) is 17.3. The first-order chi connectivity index (χ1) is 13.5. The Kier molecular flexibility index (Phi) is 7.15. The lowest BCUT2D eigenvalue weighted by Gasteiger charge is -2.30. The van der Waals surface area contributed by atoms with E-state index in [1.807, 2.05) is 25.1 Å². The number of hydrogen-bond acceptors (Lipinski definition) is 3. The van der Waals surface area contributed by atoms with E-state index >= 15 is 0 Å². The van der Waals surface area contributed by atoms with Gasteiger partial charge in [0.15, 0.2) is 18.4 Å². The van der Waals surface area contributed by atoms with Crippen molar-refractivity contribution in [2.45, 2.75) is 52.0 Å². The number of piperidine rings is 1. The zero-order valence-corrected chi connectivity index (χ0v) is 17.3. The Bertz CT molecular complexity index is 749. The molecule has 152 valence electrons. The van der Waals surface area contributed by atoms with Gasteiger partial charge in [0.1, 0.15) is 5.75 Å². The van der Waals surface area contributed by atoms with Crippen molar-refractivity contribution in [3.8, 4) is 5.75 Å². The van der Waals surface area contributed by atoms with Crippen LogP contribution in [0.1, 0.15) is 62.0 Å². The number of carbonyl (C=O) groups excluding carboxylic acids is 1. The smallest absolute Gasteiger partial charge is 0.258 e. The van der Waals surface area contributed by atoms with Gasteiger partial charge in [-0.15, -0.1) is 0 Å². The van der Waals surface area contributed by atoms with Crippen molar-refractivity contribution >= 4 is 5.91 Å². The van der Waals surface area contributed by atoms with E-state index in [2.05, 4.69) is 31.3 Å². The minimum Gasteiger partial charge on any atom is -0.483 e. The van der Waals surface area contributed by atoms with Crippen LogP contribution in [0.5, 0.6) is 5.75 Å². The van der Waals surface area contributed by atoms with Crippen molar-refractivity contribution in [3.63, 3.8) is 0 Å². The second-order valence-corrected chi connectivity index (χ2v) is 8.08. The minimum absolute atomic E-state index is 0.0311.